The summed E-state index contributed by atoms with van der Waals surface area (Å²) in [5.41, 5.74) is 2.44. The summed E-state index contributed by atoms with van der Waals surface area (Å²) in [7, 11) is -7.04. The minimum atomic E-state index is -3.67. The lowest BCUT2D eigenvalue weighted by molar-refractivity contribution is 0.140. The quantitative estimate of drug-likeness (QED) is 0.450. The number of hydrogen-bond acceptors (Lipinski definition) is 5. The van der Waals surface area contributed by atoms with Gasteiger partial charge >= 0.3 is 0 Å². The summed E-state index contributed by atoms with van der Waals surface area (Å²) < 4.78 is 58.8. The van der Waals surface area contributed by atoms with E-state index in [0.717, 1.165) is 25.6 Å². The molecular formula is C24H30N2O5S2. The average Bonchev–Trinajstić information content (AvgIpc) is 3.18. The van der Waals surface area contributed by atoms with Crippen molar-refractivity contribution in [1.82, 2.24) is 8.87 Å². The van der Waals surface area contributed by atoms with E-state index in [-0.39, 0.29) is 15.7 Å². The van der Waals surface area contributed by atoms with E-state index in [1.807, 2.05) is 19.1 Å². The van der Waals surface area contributed by atoms with E-state index >= 15 is 0 Å². The second-order valence-electron chi connectivity index (χ2n) is 8.41. The minimum Gasteiger partial charge on any atom is -0.380 e. The lowest BCUT2D eigenvalue weighted by Gasteiger charge is -2.31. The highest BCUT2D eigenvalue weighted by Crippen LogP contribution is 2.36. The first-order valence-corrected chi connectivity index (χ1v) is 14.5. The first kappa shape index (κ1) is 23.9. The molecule has 1 aliphatic heterocycles. The van der Waals surface area contributed by atoms with Crippen LogP contribution in [0.3, 0.4) is 0 Å². The van der Waals surface area contributed by atoms with Gasteiger partial charge in [0, 0.05) is 49.6 Å². The van der Waals surface area contributed by atoms with Gasteiger partial charge in [0.25, 0.3) is 0 Å². The molecule has 178 valence electrons. The summed E-state index contributed by atoms with van der Waals surface area (Å²) in [6.45, 7) is 4.98. The van der Waals surface area contributed by atoms with Crippen LogP contribution in [-0.2, 0) is 31.1 Å². The van der Waals surface area contributed by atoms with Crippen molar-refractivity contribution >= 4 is 30.8 Å². The number of nitrogens with zero attached hydrogens (tertiary/aromatic N) is 2. The van der Waals surface area contributed by atoms with E-state index < -0.39 is 19.9 Å². The van der Waals surface area contributed by atoms with Gasteiger partial charge in [0.05, 0.1) is 16.4 Å². The van der Waals surface area contributed by atoms with Gasteiger partial charge in [-0.05, 0) is 61.6 Å². The van der Waals surface area contributed by atoms with Crippen LogP contribution in [-0.4, -0.2) is 58.3 Å². The molecule has 1 aromatic heterocycles. The van der Waals surface area contributed by atoms with E-state index in [4.69, 9.17) is 4.74 Å². The summed E-state index contributed by atoms with van der Waals surface area (Å²) in [6, 6.07) is 13.8. The van der Waals surface area contributed by atoms with Gasteiger partial charge in [0.1, 0.15) is 0 Å². The highest BCUT2D eigenvalue weighted by atomic mass is 32.2. The number of piperidine rings is 1. The number of sulfone groups is 1. The molecule has 0 bridgehead atoms. The van der Waals surface area contributed by atoms with E-state index in [0.29, 0.717) is 26.3 Å². The summed E-state index contributed by atoms with van der Waals surface area (Å²) in [5, 5.41) is 1.21. The van der Waals surface area contributed by atoms with E-state index in [1.54, 1.807) is 0 Å². The maximum Gasteiger partial charge on any atom is 0.243 e. The zero-order chi connectivity index (χ0) is 23.6. The summed E-state index contributed by atoms with van der Waals surface area (Å²) >= 11 is 0. The predicted octanol–water partition coefficient (Wildman–Crippen LogP) is 3.65. The Morgan fingerprint density at radius 1 is 0.939 bits per heavy atom. The molecular weight excluding hydrogens is 460 g/mol. The number of ether oxygens (including phenoxy) is 1. The van der Waals surface area contributed by atoms with Crippen LogP contribution in [0.25, 0.3) is 10.9 Å². The zero-order valence-electron chi connectivity index (χ0n) is 19.0. The Kier molecular flexibility index (Phi) is 6.95. The topological polar surface area (TPSA) is 85.7 Å². The Hall–Kier alpha value is -2.20. The number of sulfonamides is 1. The largest absolute Gasteiger partial charge is 0.380 e. The van der Waals surface area contributed by atoms with Gasteiger partial charge in [-0.1, -0.05) is 18.2 Å². The van der Waals surface area contributed by atoms with Crippen molar-refractivity contribution in [3.8, 4) is 0 Å². The molecule has 33 heavy (non-hydrogen) atoms. The molecule has 0 saturated carbocycles. The van der Waals surface area contributed by atoms with E-state index in [1.165, 1.54) is 45.0 Å². The summed E-state index contributed by atoms with van der Waals surface area (Å²) in [4.78, 5) is 0.238. The van der Waals surface area contributed by atoms with Crippen LogP contribution >= 0.6 is 0 Å². The number of fused-ring (bicyclic) bond motifs is 1. The lowest BCUT2D eigenvalue weighted by atomic mass is 9.90. The number of hydrogen-bond donors (Lipinski definition) is 0. The minimum absolute atomic E-state index is 0.112. The summed E-state index contributed by atoms with van der Waals surface area (Å²) in [5.74, 6) is 0.280. The number of aromatic nitrogens is 1. The number of para-hydroxylation sites is 1. The maximum atomic E-state index is 13.1. The normalized spacial score (nSPS) is 16.4. The standard InChI is InChI=1S/C24H30N2O5S2/c1-3-31-17-16-25-18-23(22-6-4-5-7-24(22)25)19-12-14-26(15-13-19)33(29,30)21-10-8-20(9-11-21)32(2,27)28/h4-11,18-19H,3,12-17H2,1-2H3. The van der Waals surface area contributed by atoms with Gasteiger partial charge < -0.3 is 9.30 Å². The molecule has 0 aliphatic carbocycles. The third-order valence-corrected chi connectivity index (χ3v) is 9.32. The molecule has 0 spiro atoms. The van der Waals surface area contributed by atoms with E-state index in [2.05, 4.69) is 22.9 Å². The molecule has 3 aromatic rings. The average molecular weight is 491 g/mol. The molecule has 0 unspecified atom stereocenters. The Bertz CT molecular complexity index is 1320. The lowest BCUT2D eigenvalue weighted by Crippen LogP contribution is -2.37. The molecule has 4 rings (SSSR count). The van der Waals surface area contributed by atoms with Gasteiger partial charge in [-0.25, -0.2) is 16.8 Å². The molecule has 0 amide bonds. The molecule has 1 saturated heterocycles. The molecule has 2 aromatic carbocycles. The van der Waals surface area contributed by atoms with Gasteiger partial charge in [-0.2, -0.15) is 4.31 Å². The van der Waals surface area contributed by atoms with E-state index in [9.17, 15) is 16.8 Å². The second kappa shape index (κ2) is 9.58. The van der Waals surface area contributed by atoms with Crippen molar-refractivity contribution in [2.45, 2.75) is 42.0 Å². The molecule has 0 N–H and O–H groups in total. The van der Waals surface area contributed by atoms with Gasteiger partial charge in [0.15, 0.2) is 9.84 Å². The van der Waals surface area contributed by atoms with Crippen molar-refractivity contribution in [1.29, 1.82) is 0 Å². The molecule has 1 aliphatic rings. The predicted molar refractivity (Wildman–Crippen MR) is 129 cm³/mol. The van der Waals surface area contributed by atoms with Crippen LogP contribution in [0.1, 0.15) is 31.2 Å². The molecule has 1 fully saturated rings. The highest BCUT2D eigenvalue weighted by Gasteiger charge is 2.31. The molecule has 0 atom stereocenters. The molecule has 7 nitrogen and oxygen atoms in total. The van der Waals surface area contributed by atoms with Crippen LogP contribution in [0, 0.1) is 0 Å². The smallest absolute Gasteiger partial charge is 0.243 e. The fraction of sp³-hybridized carbons (Fsp3) is 0.417. The first-order valence-electron chi connectivity index (χ1n) is 11.2. The van der Waals surface area contributed by atoms with Crippen LogP contribution < -0.4 is 0 Å². The van der Waals surface area contributed by atoms with Crippen molar-refractivity contribution in [2.75, 3.05) is 32.6 Å². The fourth-order valence-corrected chi connectivity index (χ4v) is 6.61. The van der Waals surface area contributed by atoms with Crippen molar-refractivity contribution in [2.24, 2.45) is 0 Å². The Morgan fingerprint density at radius 2 is 1.58 bits per heavy atom. The molecule has 9 heteroatoms. The van der Waals surface area contributed by atoms with Crippen LogP contribution in [0.2, 0.25) is 0 Å². The number of benzene rings is 2. The Balaban J connectivity index is 1.50. The maximum absolute atomic E-state index is 13.1. The molecule has 2 heterocycles. The second-order valence-corrected chi connectivity index (χ2v) is 12.4. The van der Waals surface area contributed by atoms with Crippen molar-refractivity contribution in [3.63, 3.8) is 0 Å². The first-order chi connectivity index (χ1) is 15.7. The third kappa shape index (κ3) is 5.01. The van der Waals surface area contributed by atoms with Crippen molar-refractivity contribution < 1.29 is 21.6 Å². The Labute approximate surface area is 195 Å². The monoisotopic (exact) mass is 490 g/mol. The summed E-state index contributed by atoms with van der Waals surface area (Å²) in [6.07, 6.45) is 4.78. The SMILES string of the molecule is CCOCCn1cc(C2CCN(S(=O)(=O)c3ccc(S(C)(=O)=O)cc3)CC2)c2ccccc21. The molecule has 0 radical (unpaired) electrons. The third-order valence-electron chi connectivity index (χ3n) is 6.28. The van der Waals surface area contributed by atoms with Crippen molar-refractivity contribution in [3.05, 3.63) is 60.3 Å². The van der Waals surface area contributed by atoms with Gasteiger partial charge in [-0.3, -0.25) is 0 Å². The fourth-order valence-electron chi connectivity index (χ4n) is 4.51. The number of rotatable bonds is 8. The highest BCUT2D eigenvalue weighted by molar-refractivity contribution is 7.90. The Morgan fingerprint density at radius 3 is 2.21 bits per heavy atom. The van der Waals surface area contributed by atoms with Crippen LogP contribution in [0.5, 0.6) is 0 Å². The van der Waals surface area contributed by atoms with Gasteiger partial charge in [0.2, 0.25) is 10.0 Å². The zero-order valence-corrected chi connectivity index (χ0v) is 20.6. The van der Waals surface area contributed by atoms with Crippen LogP contribution in [0.15, 0.2) is 64.5 Å². The van der Waals surface area contributed by atoms with Gasteiger partial charge in [-0.15, -0.1) is 0 Å². The van der Waals surface area contributed by atoms with Crippen LogP contribution in [0.4, 0.5) is 0 Å².